The summed E-state index contributed by atoms with van der Waals surface area (Å²) in [5, 5.41) is 8.88. The molecule has 0 radical (unpaired) electrons. The Morgan fingerprint density at radius 1 is 1.22 bits per heavy atom. The van der Waals surface area contributed by atoms with Crippen LogP contribution in [-0.2, 0) is 0 Å². The van der Waals surface area contributed by atoms with E-state index in [2.05, 4.69) is 12.6 Å². The van der Waals surface area contributed by atoms with Gasteiger partial charge in [0.2, 0.25) is 0 Å². The molecule has 0 aliphatic rings. The summed E-state index contributed by atoms with van der Waals surface area (Å²) in [5.74, 6) is -0.0830. The van der Waals surface area contributed by atoms with Gasteiger partial charge in [0.05, 0.1) is 11.3 Å². The molecular weight excluding hydrogens is 250 g/mol. The first kappa shape index (κ1) is 12.3. The zero-order valence-electron chi connectivity index (χ0n) is 9.33. The predicted molar refractivity (Wildman–Crippen MR) is 71.6 cm³/mol. The summed E-state index contributed by atoms with van der Waals surface area (Å²) in [6.07, 6.45) is 0. The van der Waals surface area contributed by atoms with Gasteiger partial charge in [-0.05, 0) is 24.3 Å². The Labute approximate surface area is 109 Å². The number of rotatable bonds is 3. The molecule has 2 aromatic carbocycles. The molecule has 0 spiro atoms. The topological polar surface area (TPSA) is 72.6 Å². The average molecular weight is 261 g/mol. The third kappa shape index (κ3) is 2.57. The molecule has 0 saturated carbocycles. The van der Waals surface area contributed by atoms with E-state index in [1.807, 2.05) is 18.2 Å². The first-order chi connectivity index (χ1) is 8.58. The minimum atomic E-state index is -1.05. The summed E-state index contributed by atoms with van der Waals surface area (Å²) in [6.45, 7) is 0. The number of hydrogen-bond acceptors (Lipinski definition) is 4. The van der Waals surface area contributed by atoms with Crippen LogP contribution in [0.5, 0.6) is 11.5 Å². The molecule has 2 rings (SSSR count). The third-order valence-corrected chi connectivity index (χ3v) is 2.64. The van der Waals surface area contributed by atoms with E-state index in [4.69, 9.17) is 15.6 Å². The van der Waals surface area contributed by atoms with Crippen molar-refractivity contribution in [2.24, 2.45) is 0 Å². The average Bonchev–Trinajstić information content (AvgIpc) is 2.34. The zero-order chi connectivity index (χ0) is 13.1. The van der Waals surface area contributed by atoms with Gasteiger partial charge in [0.25, 0.3) is 0 Å². The summed E-state index contributed by atoms with van der Waals surface area (Å²) in [5.41, 5.74) is 6.09. The molecule has 0 fully saturated rings. The lowest BCUT2D eigenvalue weighted by Crippen LogP contribution is -2.00. The first-order valence-corrected chi connectivity index (χ1v) is 5.61. The Bertz CT molecular complexity index is 561. The van der Waals surface area contributed by atoms with Gasteiger partial charge in [-0.1, -0.05) is 18.2 Å². The molecule has 3 N–H and O–H groups in total. The van der Waals surface area contributed by atoms with Crippen LogP contribution in [0.3, 0.4) is 0 Å². The molecule has 4 nitrogen and oxygen atoms in total. The fraction of sp³-hybridized carbons (Fsp3) is 0. The minimum Gasteiger partial charge on any atom is -0.478 e. The van der Waals surface area contributed by atoms with Gasteiger partial charge in [-0.15, -0.1) is 12.6 Å². The van der Waals surface area contributed by atoms with Crippen LogP contribution in [0, 0.1) is 0 Å². The van der Waals surface area contributed by atoms with Gasteiger partial charge in [-0.2, -0.15) is 0 Å². The minimum absolute atomic E-state index is 0.0814. The monoisotopic (exact) mass is 261 g/mol. The van der Waals surface area contributed by atoms with Crippen molar-refractivity contribution in [1.29, 1.82) is 0 Å². The van der Waals surface area contributed by atoms with Gasteiger partial charge >= 0.3 is 5.97 Å². The molecule has 0 heterocycles. The molecule has 0 aliphatic heterocycles. The van der Waals surface area contributed by atoms with Crippen molar-refractivity contribution in [2.75, 3.05) is 5.73 Å². The van der Waals surface area contributed by atoms with E-state index in [-0.39, 0.29) is 11.3 Å². The van der Waals surface area contributed by atoms with Crippen LogP contribution in [0.15, 0.2) is 47.4 Å². The van der Waals surface area contributed by atoms with E-state index >= 15 is 0 Å². The molecule has 0 amide bonds. The smallest absolute Gasteiger partial charge is 0.335 e. The molecule has 0 bridgehead atoms. The number of benzene rings is 2. The number of thiol groups is 1. The highest BCUT2D eigenvalue weighted by molar-refractivity contribution is 7.80. The number of ether oxygens (including phenoxy) is 1. The summed E-state index contributed by atoms with van der Waals surface area (Å²) < 4.78 is 5.58. The van der Waals surface area contributed by atoms with E-state index in [0.717, 1.165) is 0 Å². The van der Waals surface area contributed by atoms with E-state index in [0.29, 0.717) is 16.4 Å². The second-order valence-electron chi connectivity index (χ2n) is 3.63. The molecular formula is C13H11NO3S. The van der Waals surface area contributed by atoms with Gasteiger partial charge in [-0.25, -0.2) is 4.79 Å². The van der Waals surface area contributed by atoms with Gasteiger partial charge in [0.1, 0.15) is 5.75 Å². The SMILES string of the molecule is Nc1cc(C(=O)O)cc(S)c1Oc1ccccc1. The normalized spacial score (nSPS) is 10.1. The van der Waals surface area contributed by atoms with Crippen molar-refractivity contribution in [3.8, 4) is 11.5 Å². The Kier molecular flexibility index (Phi) is 3.43. The lowest BCUT2D eigenvalue weighted by molar-refractivity contribution is 0.0696. The van der Waals surface area contributed by atoms with Gasteiger partial charge in [-0.3, -0.25) is 0 Å². The lowest BCUT2D eigenvalue weighted by Gasteiger charge is -2.11. The van der Waals surface area contributed by atoms with Crippen LogP contribution in [0.25, 0.3) is 0 Å². The molecule has 92 valence electrons. The number of nitrogens with two attached hydrogens (primary N) is 1. The number of carboxylic acid groups (broad SMARTS) is 1. The van der Waals surface area contributed by atoms with Gasteiger partial charge < -0.3 is 15.6 Å². The van der Waals surface area contributed by atoms with Crippen LogP contribution in [-0.4, -0.2) is 11.1 Å². The van der Waals surface area contributed by atoms with Crippen LogP contribution in [0.1, 0.15) is 10.4 Å². The zero-order valence-corrected chi connectivity index (χ0v) is 10.2. The van der Waals surface area contributed by atoms with Crippen molar-refractivity contribution in [1.82, 2.24) is 0 Å². The van der Waals surface area contributed by atoms with E-state index in [9.17, 15) is 4.79 Å². The fourth-order valence-electron chi connectivity index (χ4n) is 1.48. The van der Waals surface area contributed by atoms with Gasteiger partial charge in [0, 0.05) is 4.90 Å². The molecule has 2 aromatic rings. The summed E-state index contributed by atoms with van der Waals surface area (Å²) in [6, 6.07) is 11.8. The summed E-state index contributed by atoms with van der Waals surface area (Å²) in [4.78, 5) is 11.2. The van der Waals surface area contributed by atoms with Crippen molar-refractivity contribution in [3.05, 3.63) is 48.0 Å². The maximum atomic E-state index is 10.8. The molecule has 0 aliphatic carbocycles. The van der Waals surface area contributed by atoms with E-state index in [1.54, 1.807) is 12.1 Å². The van der Waals surface area contributed by atoms with Crippen LogP contribution in [0.2, 0.25) is 0 Å². The molecule has 5 heteroatoms. The van der Waals surface area contributed by atoms with Gasteiger partial charge in [0.15, 0.2) is 5.75 Å². The van der Waals surface area contributed by atoms with Crippen molar-refractivity contribution < 1.29 is 14.6 Å². The summed E-state index contributed by atoms with van der Waals surface area (Å²) in [7, 11) is 0. The second-order valence-corrected chi connectivity index (χ2v) is 4.12. The number of carbonyl (C=O) groups is 1. The Morgan fingerprint density at radius 2 is 1.89 bits per heavy atom. The second kappa shape index (κ2) is 5.01. The van der Waals surface area contributed by atoms with E-state index in [1.165, 1.54) is 12.1 Å². The highest BCUT2D eigenvalue weighted by Gasteiger charge is 2.12. The standard InChI is InChI=1S/C13H11NO3S/c14-10-6-8(13(15)16)7-11(18)12(10)17-9-4-2-1-3-5-9/h1-7,18H,14H2,(H,15,16). The molecule has 0 atom stereocenters. The van der Waals surface area contributed by atoms with Crippen molar-refractivity contribution >= 4 is 24.3 Å². The third-order valence-electron chi connectivity index (χ3n) is 2.31. The maximum Gasteiger partial charge on any atom is 0.335 e. The molecule has 0 unspecified atom stereocenters. The van der Waals surface area contributed by atoms with Crippen LogP contribution < -0.4 is 10.5 Å². The Balaban J connectivity index is 2.37. The number of anilines is 1. The van der Waals surface area contributed by atoms with Crippen molar-refractivity contribution in [3.63, 3.8) is 0 Å². The highest BCUT2D eigenvalue weighted by Crippen LogP contribution is 2.34. The van der Waals surface area contributed by atoms with Crippen molar-refractivity contribution in [2.45, 2.75) is 4.90 Å². The number of carboxylic acids is 1. The number of nitrogen functional groups attached to an aromatic ring is 1. The molecule has 0 aromatic heterocycles. The quantitative estimate of drug-likeness (QED) is 0.586. The first-order valence-electron chi connectivity index (χ1n) is 5.16. The fourth-order valence-corrected chi connectivity index (χ4v) is 1.79. The molecule has 18 heavy (non-hydrogen) atoms. The number of aromatic carboxylic acids is 1. The summed E-state index contributed by atoms with van der Waals surface area (Å²) >= 11 is 4.19. The maximum absolute atomic E-state index is 10.8. The van der Waals surface area contributed by atoms with Crippen LogP contribution >= 0.6 is 12.6 Å². The van der Waals surface area contributed by atoms with E-state index < -0.39 is 5.97 Å². The number of para-hydroxylation sites is 1. The Hall–Kier alpha value is -2.14. The van der Waals surface area contributed by atoms with Crippen LogP contribution in [0.4, 0.5) is 5.69 Å². The Morgan fingerprint density at radius 3 is 2.44 bits per heavy atom. The highest BCUT2D eigenvalue weighted by atomic mass is 32.1. The number of hydrogen-bond donors (Lipinski definition) is 3. The largest absolute Gasteiger partial charge is 0.478 e. The lowest BCUT2D eigenvalue weighted by atomic mass is 10.2. The predicted octanol–water partition coefficient (Wildman–Crippen LogP) is 3.05. The molecule has 0 saturated heterocycles.